The van der Waals surface area contributed by atoms with E-state index in [1.165, 1.54) is 6.07 Å². The first-order valence-electron chi connectivity index (χ1n) is 9.02. The van der Waals surface area contributed by atoms with Gasteiger partial charge in [0, 0.05) is 24.1 Å². The van der Waals surface area contributed by atoms with Gasteiger partial charge in [-0.05, 0) is 19.1 Å². The van der Waals surface area contributed by atoms with Crippen molar-refractivity contribution in [2.24, 2.45) is 0 Å². The molecule has 3 amide bonds. The minimum absolute atomic E-state index is 0.0560. The second-order valence-corrected chi connectivity index (χ2v) is 6.98. The van der Waals surface area contributed by atoms with Crippen LogP contribution < -0.4 is 10.1 Å². The van der Waals surface area contributed by atoms with Crippen molar-refractivity contribution in [3.05, 3.63) is 68.8 Å². The topological polar surface area (TPSA) is 119 Å². The van der Waals surface area contributed by atoms with Crippen LogP contribution in [0.2, 0.25) is 0 Å². The van der Waals surface area contributed by atoms with Crippen LogP contribution in [0.3, 0.4) is 0 Å². The normalized spacial score (nSPS) is 17.4. The molecule has 9 nitrogen and oxygen atoms in total. The number of non-ortho nitro benzene ring substituents is 1. The molecular weight excluding hydrogens is 378 g/mol. The largest absolute Gasteiger partial charge is 0.493 e. The van der Waals surface area contributed by atoms with E-state index in [0.29, 0.717) is 18.8 Å². The summed E-state index contributed by atoms with van der Waals surface area (Å²) in [6, 6.07) is 8.87. The summed E-state index contributed by atoms with van der Waals surface area (Å²) < 4.78 is 5.61. The van der Waals surface area contributed by atoms with E-state index in [-0.39, 0.29) is 22.9 Å². The number of nitro groups is 1. The van der Waals surface area contributed by atoms with Crippen LogP contribution in [0, 0.1) is 17.0 Å². The standard InChI is InChI=1S/C20H17N3O6/c1-11-2-5-17-15(8-11)16(6-7-29-17)21-18(24)10-22-19(25)13-4-3-12(23(27)28)9-14(13)20(22)26/h2-5,8-9,16H,6-7,10H2,1H3,(H,21,24). The molecule has 0 bridgehead atoms. The third-order valence-electron chi connectivity index (χ3n) is 5.01. The summed E-state index contributed by atoms with van der Waals surface area (Å²) in [4.78, 5) is 48.7. The molecule has 1 N–H and O–H groups in total. The number of imide groups is 1. The number of hydrogen-bond acceptors (Lipinski definition) is 6. The van der Waals surface area contributed by atoms with Gasteiger partial charge in [0.1, 0.15) is 12.3 Å². The highest BCUT2D eigenvalue weighted by Crippen LogP contribution is 2.33. The molecule has 2 aromatic rings. The number of nitro benzene ring substituents is 1. The Morgan fingerprint density at radius 2 is 1.97 bits per heavy atom. The maximum atomic E-state index is 12.6. The number of amides is 3. The van der Waals surface area contributed by atoms with Crippen molar-refractivity contribution in [3.63, 3.8) is 0 Å². The van der Waals surface area contributed by atoms with Gasteiger partial charge in [0.05, 0.1) is 28.7 Å². The second-order valence-electron chi connectivity index (χ2n) is 6.98. The second kappa shape index (κ2) is 7.01. The third kappa shape index (κ3) is 3.31. The maximum absolute atomic E-state index is 12.6. The van der Waals surface area contributed by atoms with Gasteiger partial charge in [-0.3, -0.25) is 29.4 Å². The van der Waals surface area contributed by atoms with Crippen molar-refractivity contribution in [2.75, 3.05) is 13.2 Å². The number of nitrogens with zero attached hydrogens (tertiary/aromatic N) is 2. The van der Waals surface area contributed by atoms with Crippen molar-refractivity contribution in [1.82, 2.24) is 10.2 Å². The summed E-state index contributed by atoms with van der Waals surface area (Å²) in [5, 5.41) is 13.8. The SMILES string of the molecule is Cc1ccc2c(c1)C(NC(=O)CN1C(=O)c3ccc([N+](=O)[O-])cc3C1=O)CCO2. The van der Waals surface area contributed by atoms with E-state index in [0.717, 1.165) is 28.2 Å². The number of nitrogens with one attached hydrogen (secondary N) is 1. The average Bonchev–Trinajstić information content (AvgIpc) is 2.93. The van der Waals surface area contributed by atoms with Crippen LogP contribution in [-0.4, -0.2) is 40.7 Å². The van der Waals surface area contributed by atoms with E-state index >= 15 is 0 Å². The van der Waals surface area contributed by atoms with E-state index in [9.17, 15) is 24.5 Å². The molecule has 0 radical (unpaired) electrons. The Bertz CT molecular complexity index is 1060. The zero-order valence-electron chi connectivity index (χ0n) is 15.5. The zero-order chi connectivity index (χ0) is 20.7. The molecule has 0 saturated carbocycles. The number of carbonyl (C=O) groups is 3. The van der Waals surface area contributed by atoms with E-state index in [1.807, 2.05) is 25.1 Å². The zero-order valence-corrected chi connectivity index (χ0v) is 15.5. The van der Waals surface area contributed by atoms with Crippen molar-refractivity contribution in [3.8, 4) is 5.75 Å². The first kappa shape index (κ1) is 18.6. The molecule has 2 aliphatic rings. The lowest BCUT2D eigenvalue weighted by molar-refractivity contribution is -0.384. The number of hydrogen-bond donors (Lipinski definition) is 1. The molecule has 2 aliphatic heterocycles. The van der Waals surface area contributed by atoms with Crippen LogP contribution >= 0.6 is 0 Å². The Hall–Kier alpha value is -3.75. The molecule has 0 spiro atoms. The van der Waals surface area contributed by atoms with E-state index in [4.69, 9.17) is 4.74 Å². The molecule has 148 valence electrons. The molecular formula is C20H17N3O6. The monoisotopic (exact) mass is 395 g/mol. The molecule has 29 heavy (non-hydrogen) atoms. The highest BCUT2D eigenvalue weighted by Gasteiger charge is 2.38. The molecule has 0 saturated heterocycles. The van der Waals surface area contributed by atoms with E-state index in [2.05, 4.69) is 5.32 Å². The summed E-state index contributed by atoms with van der Waals surface area (Å²) in [5.74, 6) is -1.15. The maximum Gasteiger partial charge on any atom is 0.270 e. The van der Waals surface area contributed by atoms with Gasteiger partial charge in [0.25, 0.3) is 17.5 Å². The lowest BCUT2D eigenvalue weighted by Gasteiger charge is -2.27. The first-order chi connectivity index (χ1) is 13.8. The number of ether oxygens (including phenoxy) is 1. The smallest absolute Gasteiger partial charge is 0.270 e. The van der Waals surface area contributed by atoms with Gasteiger partial charge in [-0.15, -0.1) is 0 Å². The Balaban J connectivity index is 1.50. The van der Waals surface area contributed by atoms with Crippen LogP contribution in [0.15, 0.2) is 36.4 Å². The van der Waals surface area contributed by atoms with Gasteiger partial charge in [0.15, 0.2) is 0 Å². The van der Waals surface area contributed by atoms with E-state index < -0.39 is 29.2 Å². The fourth-order valence-corrected chi connectivity index (χ4v) is 3.58. The van der Waals surface area contributed by atoms with Crippen molar-refractivity contribution in [1.29, 1.82) is 0 Å². The molecule has 4 rings (SSSR count). The molecule has 0 aliphatic carbocycles. The minimum atomic E-state index is -0.716. The molecule has 1 atom stereocenters. The Labute approximate surface area is 165 Å². The van der Waals surface area contributed by atoms with Crippen LogP contribution in [-0.2, 0) is 4.79 Å². The Morgan fingerprint density at radius 1 is 1.21 bits per heavy atom. The Morgan fingerprint density at radius 3 is 2.72 bits per heavy atom. The first-order valence-corrected chi connectivity index (χ1v) is 9.02. The van der Waals surface area contributed by atoms with Crippen LogP contribution in [0.1, 0.15) is 44.3 Å². The van der Waals surface area contributed by atoms with Gasteiger partial charge in [-0.25, -0.2) is 0 Å². The summed E-state index contributed by atoms with van der Waals surface area (Å²) in [6.45, 7) is 1.92. The van der Waals surface area contributed by atoms with Crippen molar-refractivity contribution >= 4 is 23.4 Å². The summed E-state index contributed by atoms with van der Waals surface area (Å²) >= 11 is 0. The molecule has 1 unspecified atom stereocenters. The van der Waals surface area contributed by atoms with Crippen LogP contribution in [0.25, 0.3) is 0 Å². The molecule has 0 fully saturated rings. The Kier molecular flexibility index (Phi) is 4.50. The lowest BCUT2D eigenvalue weighted by Crippen LogP contribution is -2.42. The molecule has 9 heteroatoms. The van der Waals surface area contributed by atoms with Crippen LogP contribution in [0.4, 0.5) is 5.69 Å². The number of fused-ring (bicyclic) bond motifs is 2. The highest BCUT2D eigenvalue weighted by atomic mass is 16.6. The molecule has 2 heterocycles. The number of rotatable bonds is 4. The summed E-state index contributed by atoms with van der Waals surface area (Å²) in [7, 11) is 0. The van der Waals surface area contributed by atoms with Gasteiger partial charge in [-0.2, -0.15) is 0 Å². The highest BCUT2D eigenvalue weighted by molar-refractivity contribution is 6.22. The van der Waals surface area contributed by atoms with Gasteiger partial charge in [0.2, 0.25) is 5.91 Å². The minimum Gasteiger partial charge on any atom is -0.493 e. The average molecular weight is 395 g/mol. The predicted octanol–water partition coefficient (Wildman–Crippen LogP) is 2.14. The molecule has 2 aromatic carbocycles. The van der Waals surface area contributed by atoms with Crippen LogP contribution in [0.5, 0.6) is 5.75 Å². The van der Waals surface area contributed by atoms with Crippen molar-refractivity contribution in [2.45, 2.75) is 19.4 Å². The number of aryl methyl sites for hydroxylation is 1. The lowest BCUT2D eigenvalue weighted by atomic mass is 9.98. The van der Waals surface area contributed by atoms with Gasteiger partial charge >= 0.3 is 0 Å². The predicted molar refractivity (Wildman–Crippen MR) is 101 cm³/mol. The van der Waals surface area contributed by atoms with Gasteiger partial charge < -0.3 is 10.1 Å². The number of benzene rings is 2. The quantitative estimate of drug-likeness (QED) is 0.481. The fourth-order valence-electron chi connectivity index (χ4n) is 3.58. The van der Waals surface area contributed by atoms with E-state index in [1.54, 1.807) is 0 Å². The number of carbonyl (C=O) groups excluding carboxylic acids is 3. The van der Waals surface area contributed by atoms with Crippen molar-refractivity contribution < 1.29 is 24.0 Å². The molecule has 0 aromatic heterocycles. The fraction of sp³-hybridized carbons (Fsp3) is 0.250. The summed E-state index contributed by atoms with van der Waals surface area (Å²) in [5.41, 5.74) is 1.58. The summed E-state index contributed by atoms with van der Waals surface area (Å²) in [6.07, 6.45) is 0.566. The van der Waals surface area contributed by atoms with Gasteiger partial charge in [-0.1, -0.05) is 17.7 Å². The third-order valence-corrected chi connectivity index (χ3v) is 5.01.